The van der Waals surface area contributed by atoms with Gasteiger partial charge >= 0.3 is 0 Å². The molecule has 0 saturated carbocycles. The van der Waals surface area contributed by atoms with Gasteiger partial charge in [0.2, 0.25) is 11.8 Å². The number of aromatic nitrogens is 2. The summed E-state index contributed by atoms with van der Waals surface area (Å²) >= 11 is 0. The zero-order valence-electron chi connectivity index (χ0n) is 19.4. The lowest BCUT2D eigenvalue weighted by atomic mass is 9.92. The van der Waals surface area contributed by atoms with Crippen LogP contribution in [0.3, 0.4) is 0 Å². The van der Waals surface area contributed by atoms with Gasteiger partial charge in [-0.2, -0.15) is 5.10 Å². The third kappa shape index (κ3) is 5.94. The number of anilines is 1. The van der Waals surface area contributed by atoms with Crippen LogP contribution in [0.25, 0.3) is 5.69 Å². The molecule has 2 aromatic rings. The SMILES string of the molecule is Cc1ccc(-n2nc(C(C)(C)C)cc2NC(=O)CCC(=O)N2C[C@@H](C)O[C@H](C)C2)cc1. The minimum absolute atomic E-state index is 0.0143. The molecular formula is C24H34N4O3. The normalized spacial score (nSPS) is 19.4. The van der Waals surface area contributed by atoms with Crippen molar-refractivity contribution in [2.24, 2.45) is 0 Å². The zero-order chi connectivity index (χ0) is 22.8. The van der Waals surface area contributed by atoms with Crippen LogP contribution in [0.4, 0.5) is 5.82 Å². The predicted octanol–water partition coefficient (Wildman–Crippen LogP) is 3.83. The topological polar surface area (TPSA) is 76.5 Å². The highest BCUT2D eigenvalue weighted by atomic mass is 16.5. The second-order valence-corrected chi connectivity index (χ2v) is 9.52. The summed E-state index contributed by atoms with van der Waals surface area (Å²) in [6.45, 7) is 13.3. The highest BCUT2D eigenvalue weighted by Gasteiger charge is 2.26. The van der Waals surface area contributed by atoms with Crippen LogP contribution in [0.1, 0.15) is 58.7 Å². The molecule has 1 aliphatic rings. The van der Waals surface area contributed by atoms with Crippen LogP contribution in [0.15, 0.2) is 30.3 Å². The second-order valence-electron chi connectivity index (χ2n) is 9.52. The van der Waals surface area contributed by atoms with Gasteiger partial charge in [0.25, 0.3) is 0 Å². The maximum Gasteiger partial charge on any atom is 0.226 e. The Kier molecular flexibility index (Phi) is 6.84. The standard InChI is InChI=1S/C24H34N4O3/c1-16-7-9-19(10-8-16)28-21(13-20(26-28)24(4,5)6)25-22(29)11-12-23(30)27-14-17(2)31-18(3)15-27/h7-10,13,17-18H,11-12,14-15H2,1-6H3,(H,25,29)/t17-,18-/m1/s1. The van der Waals surface area contributed by atoms with Crippen molar-refractivity contribution >= 4 is 17.6 Å². The van der Waals surface area contributed by atoms with Gasteiger partial charge in [0.15, 0.2) is 0 Å². The smallest absolute Gasteiger partial charge is 0.226 e. The van der Waals surface area contributed by atoms with E-state index in [2.05, 4.69) is 26.1 Å². The third-order valence-electron chi connectivity index (χ3n) is 5.36. The van der Waals surface area contributed by atoms with E-state index in [1.807, 2.05) is 51.1 Å². The largest absolute Gasteiger partial charge is 0.372 e. The number of morpholine rings is 1. The van der Waals surface area contributed by atoms with Crippen molar-refractivity contribution < 1.29 is 14.3 Å². The molecule has 168 valence electrons. The molecule has 0 spiro atoms. The molecule has 1 fully saturated rings. The molecule has 1 N–H and O–H groups in total. The first-order chi connectivity index (χ1) is 14.5. The van der Waals surface area contributed by atoms with Gasteiger partial charge in [0.1, 0.15) is 5.82 Å². The Morgan fingerprint density at radius 2 is 1.71 bits per heavy atom. The van der Waals surface area contributed by atoms with Crippen molar-refractivity contribution in [1.82, 2.24) is 14.7 Å². The molecule has 1 saturated heterocycles. The molecule has 31 heavy (non-hydrogen) atoms. The first-order valence-corrected chi connectivity index (χ1v) is 10.9. The van der Waals surface area contributed by atoms with Crippen molar-refractivity contribution in [3.8, 4) is 5.69 Å². The number of hydrogen-bond acceptors (Lipinski definition) is 4. The summed E-state index contributed by atoms with van der Waals surface area (Å²) in [7, 11) is 0. The maximum atomic E-state index is 12.7. The van der Waals surface area contributed by atoms with Crippen LogP contribution in [0, 0.1) is 6.92 Å². The van der Waals surface area contributed by atoms with Gasteiger partial charge in [-0.25, -0.2) is 4.68 Å². The molecule has 7 heteroatoms. The molecule has 1 aromatic heterocycles. The van der Waals surface area contributed by atoms with Gasteiger partial charge in [0, 0.05) is 37.4 Å². The van der Waals surface area contributed by atoms with Crippen LogP contribution >= 0.6 is 0 Å². The van der Waals surface area contributed by atoms with E-state index in [0.717, 1.165) is 16.9 Å². The fraction of sp³-hybridized carbons (Fsp3) is 0.542. The Hall–Kier alpha value is -2.67. The van der Waals surface area contributed by atoms with Gasteiger partial charge in [0.05, 0.1) is 23.6 Å². The first kappa shape index (κ1) is 23.0. The van der Waals surface area contributed by atoms with Crippen LogP contribution < -0.4 is 5.32 Å². The number of carbonyl (C=O) groups is 2. The van der Waals surface area contributed by atoms with Crippen molar-refractivity contribution in [1.29, 1.82) is 0 Å². The number of nitrogens with one attached hydrogen (secondary N) is 1. The third-order valence-corrected chi connectivity index (χ3v) is 5.36. The summed E-state index contributed by atoms with van der Waals surface area (Å²) in [5, 5.41) is 7.69. The molecule has 2 amide bonds. The summed E-state index contributed by atoms with van der Waals surface area (Å²) in [6, 6.07) is 9.90. The Balaban J connectivity index is 1.69. The van der Waals surface area contributed by atoms with Crippen LogP contribution in [0.5, 0.6) is 0 Å². The van der Waals surface area contributed by atoms with E-state index in [0.29, 0.717) is 18.9 Å². The van der Waals surface area contributed by atoms with Crippen molar-refractivity contribution in [3.05, 3.63) is 41.6 Å². The Bertz CT molecular complexity index is 917. The molecular weight excluding hydrogens is 392 g/mol. The molecule has 0 aliphatic carbocycles. The Labute approximate surface area is 184 Å². The van der Waals surface area contributed by atoms with E-state index in [1.54, 1.807) is 9.58 Å². The van der Waals surface area contributed by atoms with Gasteiger partial charge < -0.3 is 15.0 Å². The van der Waals surface area contributed by atoms with E-state index in [4.69, 9.17) is 9.84 Å². The van der Waals surface area contributed by atoms with E-state index in [1.165, 1.54) is 0 Å². The van der Waals surface area contributed by atoms with Crippen LogP contribution in [-0.4, -0.2) is 51.8 Å². The molecule has 0 bridgehead atoms. The van der Waals surface area contributed by atoms with Crippen LogP contribution in [0.2, 0.25) is 0 Å². The van der Waals surface area contributed by atoms with Gasteiger partial charge in [-0.1, -0.05) is 38.5 Å². The van der Waals surface area contributed by atoms with E-state index in [9.17, 15) is 9.59 Å². The predicted molar refractivity (Wildman–Crippen MR) is 121 cm³/mol. The summed E-state index contributed by atoms with van der Waals surface area (Å²) < 4.78 is 7.44. The van der Waals surface area contributed by atoms with E-state index < -0.39 is 0 Å². The first-order valence-electron chi connectivity index (χ1n) is 10.9. The van der Waals surface area contributed by atoms with E-state index >= 15 is 0 Å². The zero-order valence-corrected chi connectivity index (χ0v) is 19.4. The summed E-state index contributed by atoms with van der Waals surface area (Å²) in [5.74, 6) is 0.399. The molecule has 1 aliphatic heterocycles. The lowest BCUT2D eigenvalue weighted by Crippen LogP contribution is -2.48. The summed E-state index contributed by atoms with van der Waals surface area (Å²) in [4.78, 5) is 27.0. The second kappa shape index (κ2) is 9.22. The minimum atomic E-state index is -0.198. The highest BCUT2D eigenvalue weighted by molar-refractivity contribution is 5.93. The lowest BCUT2D eigenvalue weighted by Gasteiger charge is -2.35. The molecule has 2 atom stereocenters. The van der Waals surface area contributed by atoms with Gasteiger partial charge in [-0.3, -0.25) is 9.59 Å². The Morgan fingerprint density at radius 3 is 2.29 bits per heavy atom. The molecule has 0 radical (unpaired) electrons. The monoisotopic (exact) mass is 426 g/mol. The van der Waals surface area contributed by atoms with Crippen molar-refractivity contribution in [2.75, 3.05) is 18.4 Å². The average Bonchev–Trinajstić information content (AvgIpc) is 3.10. The fourth-order valence-electron chi connectivity index (χ4n) is 3.68. The quantitative estimate of drug-likeness (QED) is 0.788. The van der Waals surface area contributed by atoms with Crippen LogP contribution in [-0.2, 0) is 19.7 Å². The number of ether oxygens (including phenoxy) is 1. The number of rotatable bonds is 5. The number of carbonyl (C=O) groups excluding carboxylic acids is 2. The Morgan fingerprint density at radius 1 is 1.10 bits per heavy atom. The maximum absolute atomic E-state index is 12.7. The molecule has 2 heterocycles. The lowest BCUT2D eigenvalue weighted by molar-refractivity contribution is -0.144. The molecule has 7 nitrogen and oxygen atoms in total. The molecule has 0 unspecified atom stereocenters. The highest BCUT2D eigenvalue weighted by Crippen LogP contribution is 2.26. The number of benzene rings is 1. The fourth-order valence-corrected chi connectivity index (χ4v) is 3.68. The molecule has 3 rings (SSSR count). The summed E-state index contributed by atoms with van der Waals surface area (Å²) in [6.07, 6.45) is 0.335. The van der Waals surface area contributed by atoms with Gasteiger partial charge in [-0.15, -0.1) is 0 Å². The summed E-state index contributed by atoms with van der Waals surface area (Å²) in [5.41, 5.74) is 2.76. The van der Waals surface area contributed by atoms with Crippen molar-refractivity contribution in [3.63, 3.8) is 0 Å². The van der Waals surface area contributed by atoms with Crippen molar-refractivity contribution in [2.45, 2.75) is 72.0 Å². The van der Waals surface area contributed by atoms with Gasteiger partial charge in [-0.05, 0) is 32.9 Å². The van der Waals surface area contributed by atoms with E-state index in [-0.39, 0.29) is 42.3 Å². The minimum Gasteiger partial charge on any atom is -0.372 e. The molecule has 1 aromatic carbocycles. The average molecular weight is 427 g/mol. The number of aryl methyl sites for hydroxylation is 1. The number of nitrogens with zero attached hydrogens (tertiary/aromatic N) is 3. The number of hydrogen-bond donors (Lipinski definition) is 1. The number of amides is 2.